The molecule has 5 rings (SSSR count). The number of likely N-dealkylation sites (tertiary alicyclic amines) is 1. The molecular weight excluding hydrogens is 368 g/mol. The van der Waals surface area contributed by atoms with E-state index in [-0.39, 0.29) is 23.8 Å². The summed E-state index contributed by atoms with van der Waals surface area (Å²) in [5.41, 5.74) is 0.540. The van der Waals surface area contributed by atoms with Crippen molar-refractivity contribution < 1.29 is 19.1 Å². The second kappa shape index (κ2) is 7.17. The summed E-state index contributed by atoms with van der Waals surface area (Å²) in [6.45, 7) is 1.14. The largest absolute Gasteiger partial charge is 0.497 e. The molecule has 1 aliphatic carbocycles. The summed E-state index contributed by atoms with van der Waals surface area (Å²) in [5.74, 6) is 0.0647. The van der Waals surface area contributed by atoms with Gasteiger partial charge >= 0.3 is 0 Å². The van der Waals surface area contributed by atoms with Gasteiger partial charge in [0.2, 0.25) is 11.8 Å². The molecule has 3 aliphatic heterocycles. The van der Waals surface area contributed by atoms with Crippen LogP contribution in [0.4, 0.5) is 0 Å². The van der Waals surface area contributed by atoms with Crippen molar-refractivity contribution in [3.05, 3.63) is 42.0 Å². The number of hydrogen-bond donors (Lipinski definition) is 1. The lowest BCUT2D eigenvalue weighted by atomic mass is 9.77. The first kappa shape index (κ1) is 18.7. The van der Waals surface area contributed by atoms with Crippen LogP contribution in [0.15, 0.2) is 36.4 Å². The van der Waals surface area contributed by atoms with Crippen molar-refractivity contribution in [2.24, 2.45) is 11.8 Å². The van der Waals surface area contributed by atoms with Crippen molar-refractivity contribution in [1.29, 1.82) is 0 Å². The molecule has 1 aromatic carbocycles. The van der Waals surface area contributed by atoms with E-state index >= 15 is 0 Å². The molecule has 154 valence electrons. The van der Waals surface area contributed by atoms with E-state index in [0.717, 1.165) is 30.6 Å². The van der Waals surface area contributed by atoms with Crippen LogP contribution in [-0.2, 0) is 20.7 Å². The topological polar surface area (TPSA) is 67.9 Å². The minimum atomic E-state index is -0.595. The van der Waals surface area contributed by atoms with Crippen LogP contribution >= 0.6 is 0 Å². The number of nitrogens with zero attached hydrogens (tertiary/aromatic N) is 1. The van der Waals surface area contributed by atoms with Crippen LogP contribution in [0.1, 0.15) is 31.2 Å². The van der Waals surface area contributed by atoms with Crippen LogP contribution in [-0.4, -0.2) is 54.7 Å². The minimum absolute atomic E-state index is 0.0682. The lowest BCUT2D eigenvalue weighted by Crippen LogP contribution is -2.45. The molecule has 1 saturated carbocycles. The van der Waals surface area contributed by atoms with Crippen LogP contribution in [0.2, 0.25) is 0 Å². The zero-order valence-corrected chi connectivity index (χ0v) is 16.8. The van der Waals surface area contributed by atoms with Crippen molar-refractivity contribution in [2.45, 2.75) is 49.9 Å². The molecule has 1 aromatic rings. The van der Waals surface area contributed by atoms with Gasteiger partial charge in [-0.1, -0.05) is 37.1 Å². The van der Waals surface area contributed by atoms with Gasteiger partial charge in [-0.15, -0.1) is 0 Å². The van der Waals surface area contributed by atoms with Crippen LogP contribution in [0, 0.1) is 11.8 Å². The van der Waals surface area contributed by atoms with Gasteiger partial charge in [0.15, 0.2) is 0 Å². The van der Waals surface area contributed by atoms with E-state index in [1.807, 2.05) is 41.3 Å². The maximum Gasteiger partial charge on any atom is 0.230 e. The number of hydrogen-bond acceptors (Lipinski definition) is 4. The van der Waals surface area contributed by atoms with E-state index in [1.54, 1.807) is 7.11 Å². The van der Waals surface area contributed by atoms with Crippen LogP contribution in [0.25, 0.3) is 0 Å². The van der Waals surface area contributed by atoms with E-state index in [1.165, 1.54) is 12.8 Å². The molecule has 0 aromatic heterocycles. The van der Waals surface area contributed by atoms with Gasteiger partial charge in [-0.25, -0.2) is 0 Å². The molecule has 3 fully saturated rings. The average molecular weight is 396 g/mol. The van der Waals surface area contributed by atoms with E-state index in [0.29, 0.717) is 19.1 Å². The maximum absolute atomic E-state index is 13.2. The smallest absolute Gasteiger partial charge is 0.230 e. The fraction of sp³-hybridized carbons (Fsp3) is 0.565. The van der Waals surface area contributed by atoms with Crippen LogP contribution in [0.5, 0.6) is 5.75 Å². The number of carbonyl (C=O) groups is 2. The first-order chi connectivity index (χ1) is 14.1. The highest BCUT2D eigenvalue weighted by Crippen LogP contribution is 2.52. The number of rotatable bonds is 6. The number of carbonyl (C=O) groups excluding carboxylic acids is 2. The first-order valence-electron chi connectivity index (χ1n) is 10.7. The Morgan fingerprint density at radius 3 is 2.76 bits per heavy atom. The van der Waals surface area contributed by atoms with E-state index < -0.39 is 11.5 Å². The van der Waals surface area contributed by atoms with Crippen LogP contribution < -0.4 is 10.1 Å². The zero-order valence-electron chi connectivity index (χ0n) is 16.8. The number of nitrogens with one attached hydrogen (secondary N) is 1. The third-order valence-corrected chi connectivity index (χ3v) is 7.07. The number of fused-ring (bicyclic) bond motifs is 1. The molecule has 4 atom stereocenters. The van der Waals surface area contributed by atoms with Crippen molar-refractivity contribution in [3.8, 4) is 5.75 Å². The molecule has 6 nitrogen and oxygen atoms in total. The quantitative estimate of drug-likeness (QED) is 0.748. The molecule has 1 spiro atoms. The molecule has 1 N–H and O–H groups in total. The lowest BCUT2D eigenvalue weighted by molar-refractivity contribution is -0.138. The second-order valence-electron chi connectivity index (χ2n) is 8.69. The monoisotopic (exact) mass is 396 g/mol. The fourth-order valence-corrected chi connectivity index (χ4v) is 5.59. The van der Waals surface area contributed by atoms with Gasteiger partial charge in [0.1, 0.15) is 11.4 Å². The van der Waals surface area contributed by atoms with Crippen molar-refractivity contribution in [3.63, 3.8) is 0 Å². The van der Waals surface area contributed by atoms with Crippen LogP contribution in [0.3, 0.4) is 0 Å². The number of benzene rings is 1. The van der Waals surface area contributed by atoms with Gasteiger partial charge in [0, 0.05) is 12.6 Å². The number of amides is 2. The Labute approximate surface area is 171 Å². The molecule has 2 saturated heterocycles. The van der Waals surface area contributed by atoms with Gasteiger partial charge in [-0.3, -0.25) is 9.59 Å². The molecule has 6 heteroatoms. The zero-order chi connectivity index (χ0) is 20.0. The standard InChI is InChI=1S/C23H28N2O4/c1-28-17-8-6-15(7-9-17)11-13-24-21(26)19-18-10-12-23(29-18)14-25(22(27)20(19)23)16-4-2-3-5-16/h6-10,12,16,18-20H,2-5,11,13-14H2,1H3,(H,24,26)/t18-,19+,20+,23-/m1/s1. The van der Waals surface area contributed by atoms with Gasteiger partial charge in [0.05, 0.1) is 31.6 Å². The molecule has 2 bridgehead atoms. The molecule has 3 heterocycles. The highest BCUT2D eigenvalue weighted by Gasteiger charge is 2.67. The predicted octanol–water partition coefficient (Wildman–Crippen LogP) is 2.08. The van der Waals surface area contributed by atoms with E-state index in [4.69, 9.17) is 9.47 Å². The Balaban J connectivity index is 1.24. The summed E-state index contributed by atoms with van der Waals surface area (Å²) in [5, 5.41) is 3.05. The summed E-state index contributed by atoms with van der Waals surface area (Å²) in [7, 11) is 1.64. The average Bonchev–Trinajstić information content (AvgIpc) is 3.50. The maximum atomic E-state index is 13.2. The van der Waals surface area contributed by atoms with E-state index in [9.17, 15) is 9.59 Å². The summed E-state index contributed by atoms with van der Waals surface area (Å²) in [4.78, 5) is 28.3. The van der Waals surface area contributed by atoms with Gasteiger partial charge in [-0.2, -0.15) is 0 Å². The third-order valence-electron chi connectivity index (χ3n) is 7.07. The Kier molecular flexibility index (Phi) is 4.62. The molecule has 4 aliphatic rings. The number of ether oxygens (including phenoxy) is 2. The van der Waals surface area contributed by atoms with Gasteiger partial charge in [0.25, 0.3) is 0 Å². The highest BCUT2D eigenvalue weighted by atomic mass is 16.5. The fourth-order valence-electron chi connectivity index (χ4n) is 5.59. The summed E-state index contributed by atoms with van der Waals surface area (Å²) < 4.78 is 11.4. The molecular formula is C23H28N2O4. The lowest BCUT2D eigenvalue weighted by Gasteiger charge is -2.27. The summed E-state index contributed by atoms with van der Waals surface area (Å²) >= 11 is 0. The Bertz CT molecular complexity index is 830. The Hall–Kier alpha value is -2.34. The molecule has 0 unspecified atom stereocenters. The molecule has 29 heavy (non-hydrogen) atoms. The molecule has 0 radical (unpaired) electrons. The number of methoxy groups -OCH3 is 1. The Morgan fingerprint density at radius 1 is 1.28 bits per heavy atom. The van der Waals surface area contributed by atoms with Crippen molar-refractivity contribution in [1.82, 2.24) is 10.2 Å². The van der Waals surface area contributed by atoms with Crippen molar-refractivity contribution in [2.75, 3.05) is 20.2 Å². The summed E-state index contributed by atoms with van der Waals surface area (Å²) in [6, 6.07) is 8.17. The SMILES string of the molecule is COc1ccc(CCNC(=O)[C@@H]2[C@H]3C(=O)N(C4CCCC4)C[C@]34C=C[C@H]2O4)cc1. The minimum Gasteiger partial charge on any atom is -0.497 e. The predicted molar refractivity (Wildman–Crippen MR) is 107 cm³/mol. The van der Waals surface area contributed by atoms with Gasteiger partial charge in [-0.05, 0) is 37.0 Å². The van der Waals surface area contributed by atoms with Gasteiger partial charge < -0.3 is 19.7 Å². The summed E-state index contributed by atoms with van der Waals surface area (Å²) in [6.07, 6.45) is 8.98. The Morgan fingerprint density at radius 2 is 2.03 bits per heavy atom. The third kappa shape index (κ3) is 3.05. The molecule has 2 amide bonds. The highest BCUT2D eigenvalue weighted by molar-refractivity contribution is 5.93. The van der Waals surface area contributed by atoms with E-state index in [2.05, 4.69) is 5.32 Å². The second-order valence-corrected chi connectivity index (χ2v) is 8.69. The van der Waals surface area contributed by atoms with Crippen molar-refractivity contribution >= 4 is 11.8 Å². The normalized spacial score (nSPS) is 32.8. The first-order valence-corrected chi connectivity index (χ1v) is 10.7.